The number of sulfonamides is 1. The molecule has 6 nitrogen and oxygen atoms in total. The van der Waals surface area contributed by atoms with Crippen molar-refractivity contribution in [3.63, 3.8) is 0 Å². The number of halogens is 2. The average molecular weight is 622 g/mol. The topological polar surface area (TPSA) is 72.9 Å². The number of rotatable bonds is 9. The molecule has 3 aromatic rings. The number of ether oxygens (including phenoxy) is 1. The molecule has 1 saturated heterocycles. The number of likely N-dealkylation sites (tertiary alicyclic amines) is 1. The van der Waals surface area contributed by atoms with Crippen molar-refractivity contribution in [3.8, 4) is 5.75 Å². The second-order valence-corrected chi connectivity index (χ2v) is 15.0. The van der Waals surface area contributed by atoms with E-state index in [1.54, 1.807) is 44.5 Å². The Bertz CT molecular complexity index is 1440. The predicted molar refractivity (Wildman–Crippen MR) is 162 cm³/mol. The van der Waals surface area contributed by atoms with Gasteiger partial charge in [0, 0.05) is 24.6 Å². The van der Waals surface area contributed by atoms with Crippen LogP contribution in [0.25, 0.3) is 0 Å². The maximum atomic E-state index is 13.4. The number of nitrogens with zero attached hydrogens (tertiary/aromatic N) is 2. The van der Waals surface area contributed by atoms with E-state index in [0.717, 1.165) is 49.4 Å². The van der Waals surface area contributed by atoms with Crippen LogP contribution in [0.1, 0.15) is 36.3 Å². The number of hydrogen-bond donors (Lipinski definition) is 0. The van der Waals surface area contributed by atoms with Gasteiger partial charge in [-0.2, -0.15) is 0 Å². The summed E-state index contributed by atoms with van der Waals surface area (Å²) in [4.78, 5) is 3.66. The van der Waals surface area contributed by atoms with Crippen molar-refractivity contribution in [3.05, 3.63) is 87.9 Å². The number of benzene rings is 3. The van der Waals surface area contributed by atoms with Crippen molar-refractivity contribution in [2.24, 2.45) is 0 Å². The molecule has 1 unspecified atom stereocenters. The van der Waals surface area contributed by atoms with Gasteiger partial charge >= 0.3 is 0 Å². The Morgan fingerprint density at radius 3 is 2.42 bits per heavy atom. The normalized spacial score (nSPS) is 19.6. The van der Waals surface area contributed by atoms with Gasteiger partial charge < -0.3 is 14.2 Å². The Kier molecular flexibility index (Phi) is 9.07. The minimum absolute atomic E-state index is 0.00623. The molecule has 2 aliphatic rings. The van der Waals surface area contributed by atoms with E-state index in [1.807, 2.05) is 30.3 Å². The lowest BCUT2D eigenvalue weighted by Gasteiger charge is -2.38. The van der Waals surface area contributed by atoms with Crippen LogP contribution in [0.4, 0.5) is 0 Å². The van der Waals surface area contributed by atoms with Gasteiger partial charge in [-0.25, -0.2) is 12.7 Å². The summed E-state index contributed by atoms with van der Waals surface area (Å²) in [6.07, 6.45) is 2.70. The summed E-state index contributed by atoms with van der Waals surface area (Å²) in [6.45, 7) is 2.96. The van der Waals surface area contributed by atoms with E-state index >= 15 is 0 Å². The van der Waals surface area contributed by atoms with Crippen LogP contribution in [-0.2, 0) is 26.6 Å². The minimum Gasteiger partial charge on any atom is -0.611 e. The third-order valence-corrected chi connectivity index (χ3v) is 12.6. The molecule has 0 N–H and O–H groups in total. The Labute approximate surface area is 250 Å². The van der Waals surface area contributed by atoms with Crippen LogP contribution in [0, 0.1) is 0 Å². The molecule has 1 fully saturated rings. The lowest BCUT2D eigenvalue weighted by atomic mass is 9.74. The fourth-order valence-electron chi connectivity index (χ4n) is 5.93. The smallest absolute Gasteiger partial charge is 0.242 e. The molecule has 0 radical (unpaired) electrons. The summed E-state index contributed by atoms with van der Waals surface area (Å²) >= 11 is 11.6. The van der Waals surface area contributed by atoms with Gasteiger partial charge in [0.2, 0.25) is 10.0 Å². The maximum absolute atomic E-state index is 13.4. The van der Waals surface area contributed by atoms with Gasteiger partial charge in [0.05, 0.1) is 22.1 Å². The SMILES string of the molecule is COc1ccc(S(=O)(=O)N(C)C[C@@H](CCN2CCC3(CC2)C[S+]([O-])c2ccccc23)c2ccc(Cl)c(Cl)c2)cc1. The minimum atomic E-state index is -3.70. The third-order valence-electron chi connectivity index (χ3n) is 8.38. The zero-order chi connectivity index (χ0) is 28.5. The number of hydrogen-bond acceptors (Lipinski definition) is 5. The van der Waals surface area contributed by atoms with E-state index in [9.17, 15) is 13.0 Å². The van der Waals surface area contributed by atoms with Crippen LogP contribution < -0.4 is 4.74 Å². The molecule has 0 aliphatic carbocycles. The van der Waals surface area contributed by atoms with Crippen LogP contribution in [0.2, 0.25) is 10.0 Å². The van der Waals surface area contributed by atoms with Crippen molar-refractivity contribution in [1.29, 1.82) is 0 Å². The molecule has 214 valence electrons. The maximum Gasteiger partial charge on any atom is 0.242 e. The zero-order valence-electron chi connectivity index (χ0n) is 22.7. The monoisotopic (exact) mass is 620 g/mol. The molecule has 2 atom stereocenters. The first-order chi connectivity index (χ1) is 19.1. The Morgan fingerprint density at radius 2 is 1.75 bits per heavy atom. The molecule has 2 aliphatic heterocycles. The van der Waals surface area contributed by atoms with Gasteiger partial charge in [-0.3, -0.25) is 0 Å². The molecule has 2 heterocycles. The van der Waals surface area contributed by atoms with E-state index in [-0.39, 0.29) is 16.2 Å². The molecule has 0 saturated carbocycles. The quantitative estimate of drug-likeness (QED) is 0.276. The first-order valence-electron chi connectivity index (χ1n) is 13.4. The summed E-state index contributed by atoms with van der Waals surface area (Å²) < 4.78 is 46.2. The van der Waals surface area contributed by atoms with Gasteiger partial charge in [0.25, 0.3) is 0 Å². The van der Waals surface area contributed by atoms with Crippen LogP contribution in [0.15, 0.2) is 76.5 Å². The van der Waals surface area contributed by atoms with Crippen molar-refractivity contribution >= 4 is 44.4 Å². The standard InChI is InChI=1S/C30H34Cl2N2O4S2/c1-33(40(36,37)25-10-8-24(38-2)9-11-25)20-23(22-7-12-27(31)28(32)19-22)13-16-34-17-14-30(15-18-34)21-39(35)29-6-4-3-5-26(29)30/h3-12,19,23H,13-18,20-21H2,1-2H3/t23-,39?/m1/s1. The highest BCUT2D eigenvalue weighted by atomic mass is 35.5. The summed E-state index contributed by atoms with van der Waals surface area (Å²) in [5, 5.41) is 0.927. The summed E-state index contributed by atoms with van der Waals surface area (Å²) in [7, 11) is -0.535. The number of fused-ring (bicyclic) bond motifs is 2. The first kappa shape index (κ1) is 29.7. The van der Waals surface area contributed by atoms with Crippen molar-refractivity contribution in [2.75, 3.05) is 46.1 Å². The van der Waals surface area contributed by atoms with E-state index < -0.39 is 21.2 Å². The van der Waals surface area contributed by atoms with Gasteiger partial charge in [-0.15, -0.1) is 0 Å². The van der Waals surface area contributed by atoms with E-state index in [1.165, 1.54) is 9.87 Å². The Balaban J connectivity index is 1.29. The second-order valence-electron chi connectivity index (χ2n) is 10.7. The average Bonchev–Trinajstić information content (AvgIpc) is 3.24. The zero-order valence-corrected chi connectivity index (χ0v) is 25.8. The van der Waals surface area contributed by atoms with Crippen molar-refractivity contribution in [2.45, 2.75) is 40.4 Å². The first-order valence-corrected chi connectivity index (χ1v) is 16.9. The molecule has 40 heavy (non-hydrogen) atoms. The Morgan fingerprint density at radius 1 is 1.05 bits per heavy atom. The summed E-state index contributed by atoms with van der Waals surface area (Å²) in [5.74, 6) is 1.23. The lowest BCUT2D eigenvalue weighted by molar-refractivity contribution is 0.165. The molecule has 0 amide bonds. The highest BCUT2D eigenvalue weighted by Gasteiger charge is 2.48. The van der Waals surface area contributed by atoms with Gasteiger partial charge in [0.15, 0.2) is 4.90 Å². The highest BCUT2D eigenvalue weighted by Crippen LogP contribution is 2.46. The largest absolute Gasteiger partial charge is 0.611 e. The van der Waals surface area contributed by atoms with E-state index in [0.29, 0.717) is 28.1 Å². The van der Waals surface area contributed by atoms with E-state index in [2.05, 4.69) is 11.0 Å². The summed E-state index contributed by atoms with van der Waals surface area (Å²) in [5.41, 5.74) is 2.21. The third kappa shape index (κ3) is 6.04. The van der Waals surface area contributed by atoms with Gasteiger partial charge in [-0.05, 0) is 104 Å². The molecule has 0 bridgehead atoms. The predicted octanol–water partition coefficient (Wildman–Crippen LogP) is 5.95. The van der Waals surface area contributed by atoms with Crippen molar-refractivity contribution < 1.29 is 17.7 Å². The molecule has 3 aromatic carbocycles. The molecule has 10 heteroatoms. The number of piperidine rings is 1. The van der Waals surface area contributed by atoms with E-state index in [4.69, 9.17) is 27.9 Å². The van der Waals surface area contributed by atoms with Crippen LogP contribution in [0.5, 0.6) is 5.75 Å². The fourth-order valence-corrected chi connectivity index (χ4v) is 9.32. The second kappa shape index (κ2) is 12.2. The molecule has 5 rings (SSSR count). The molecule has 1 spiro atoms. The fraction of sp³-hybridized carbons (Fsp3) is 0.400. The summed E-state index contributed by atoms with van der Waals surface area (Å²) in [6, 6.07) is 20.2. The molecular weight excluding hydrogens is 587 g/mol. The molecular formula is C30H34Cl2N2O4S2. The lowest BCUT2D eigenvalue weighted by Crippen LogP contribution is -2.44. The van der Waals surface area contributed by atoms with Crippen LogP contribution >= 0.6 is 23.2 Å². The van der Waals surface area contributed by atoms with Crippen LogP contribution in [0.3, 0.4) is 0 Å². The van der Waals surface area contributed by atoms with Crippen LogP contribution in [-0.4, -0.2) is 68.3 Å². The Hall–Kier alpha value is -1.78. The number of likely N-dealkylation sites (N-methyl/N-ethyl adjacent to an activating group) is 1. The molecule has 0 aromatic heterocycles. The van der Waals surface area contributed by atoms with Gasteiger partial charge in [0.1, 0.15) is 11.5 Å². The van der Waals surface area contributed by atoms with Crippen molar-refractivity contribution in [1.82, 2.24) is 9.21 Å². The highest BCUT2D eigenvalue weighted by molar-refractivity contribution is 7.91. The van der Waals surface area contributed by atoms with Gasteiger partial charge in [-0.1, -0.05) is 47.5 Å². The number of methoxy groups -OCH3 is 1.